The van der Waals surface area contributed by atoms with Crippen molar-refractivity contribution in [3.8, 4) is 0 Å². The molecule has 1 atom stereocenters. The van der Waals surface area contributed by atoms with Crippen molar-refractivity contribution >= 4 is 23.6 Å². The summed E-state index contributed by atoms with van der Waals surface area (Å²) in [5.41, 5.74) is 1.75. The molecule has 0 radical (unpaired) electrons. The van der Waals surface area contributed by atoms with Crippen molar-refractivity contribution < 1.29 is 19.1 Å². The van der Waals surface area contributed by atoms with Crippen LogP contribution in [0.2, 0.25) is 0 Å². The van der Waals surface area contributed by atoms with Gasteiger partial charge in [0, 0.05) is 37.2 Å². The van der Waals surface area contributed by atoms with Crippen LogP contribution in [-0.2, 0) is 14.3 Å². The standard InChI is InChI=1S/C19H24N2O4S/c1-14-2-4-15(5-3-14)17(22)21-13-26-12-16(21)18(23)20-8-6-19(7-9-20)24-10-11-25-19/h2-5,16H,6-13H2,1H3. The number of carbonyl (C=O) groups is 2. The Morgan fingerprint density at radius 3 is 2.42 bits per heavy atom. The van der Waals surface area contributed by atoms with Gasteiger partial charge in [-0.25, -0.2) is 0 Å². The number of benzene rings is 1. The van der Waals surface area contributed by atoms with Gasteiger partial charge in [-0.3, -0.25) is 9.59 Å². The Kier molecular flexibility index (Phi) is 4.94. The Balaban J connectivity index is 1.42. The highest BCUT2D eigenvalue weighted by molar-refractivity contribution is 7.99. The summed E-state index contributed by atoms with van der Waals surface area (Å²) in [7, 11) is 0. The van der Waals surface area contributed by atoms with Crippen LogP contribution in [0, 0.1) is 6.92 Å². The molecule has 0 bridgehead atoms. The topological polar surface area (TPSA) is 59.1 Å². The summed E-state index contributed by atoms with van der Waals surface area (Å²) >= 11 is 1.64. The molecule has 6 nitrogen and oxygen atoms in total. The third-order valence-electron chi connectivity index (χ3n) is 5.38. The van der Waals surface area contributed by atoms with Crippen molar-refractivity contribution in [3.63, 3.8) is 0 Å². The SMILES string of the molecule is Cc1ccc(C(=O)N2CSCC2C(=O)N2CCC3(CC2)OCCO3)cc1. The molecule has 0 aromatic heterocycles. The number of amides is 2. The van der Waals surface area contributed by atoms with Crippen LogP contribution in [0.4, 0.5) is 0 Å². The van der Waals surface area contributed by atoms with Gasteiger partial charge in [0.25, 0.3) is 5.91 Å². The highest BCUT2D eigenvalue weighted by Gasteiger charge is 2.43. The molecular weight excluding hydrogens is 352 g/mol. The second-order valence-corrected chi connectivity index (χ2v) is 8.09. The number of ether oxygens (including phenoxy) is 2. The van der Waals surface area contributed by atoms with Gasteiger partial charge in [0.15, 0.2) is 5.79 Å². The van der Waals surface area contributed by atoms with Gasteiger partial charge in [-0.1, -0.05) is 17.7 Å². The predicted molar refractivity (Wildman–Crippen MR) is 98.9 cm³/mol. The Labute approximate surface area is 157 Å². The molecule has 26 heavy (non-hydrogen) atoms. The summed E-state index contributed by atoms with van der Waals surface area (Å²) in [6, 6.07) is 7.15. The smallest absolute Gasteiger partial charge is 0.255 e. The van der Waals surface area contributed by atoms with Gasteiger partial charge in [0.2, 0.25) is 5.91 Å². The number of rotatable bonds is 2. The largest absolute Gasteiger partial charge is 0.347 e. The van der Waals surface area contributed by atoms with E-state index in [0.29, 0.717) is 56.3 Å². The van der Waals surface area contributed by atoms with Crippen LogP contribution in [0.15, 0.2) is 24.3 Å². The number of piperidine rings is 1. The van der Waals surface area contributed by atoms with Crippen LogP contribution in [0.1, 0.15) is 28.8 Å². The second kappa shape index (κ2) is 7.21. The van der Waals surface area contributed by atoms with Crippen molar-refractivity contribution in [1.29, 1.82) is 0 Å². The van der Waals surface area contributed by atoms with Crippen molar-refractivity contribution in [2.45, 2.75) is 31.6 Å². The maximum Gasteiger partial charge on any atom is 0.255 e. The Morgan fingerprint density at radius 1 is 1.12 bits per heavy atom. The molecule has 0 aliphatic carbocycles. The van der Waals surface area contributed by atoms with Gasteiger partial charge in [0.05, 0.1) is 19.1 Å². The number of aryl methyl sites for hydroxylation is 1. The molecule has 7 heteroatoms. The number of carbonyl (C=O) groups excluding carboxylic acids is 2. The van der Waals surface area contributed by atoms with Gasteiger partial charge in [-0.15, -0.1) is 11.8 Å². The number of thioether (sulfide) groups is 1. The minimum absolute atomic E-state index is 0.0447. The zero-order chi connectivity index (χ0) is 18.1. The van der Waals surface area contributed by atoms with Crippen LogP contribution in [0.3, 0.4) is 0 Å². The highest BCUT2D eigenvalue weighted by Crippen LogP contribution is 2.32. The molecule has 3 heterocycles. The summed E-state index contributed by atoms with van der Waals surface area (Å²) in [6.07, 6.45) is 1.40. The van der Waals surface area contributed by atoms with Crippen molar-refractivity contribution in [2.75, 3.05) is 37.9 Å². The monoisotopic (exact) mass is 376 g/mol. The first-order valence-electron chi connectivity index (χ1n) is 9.10. The molecule has 4 rings (SSSR count). The molecule has 3 fully saturated rings. The van der Waals surface area contributed by atoms with E-state index >= 15 is 0 Å². The van der Waals surface area contributed by atoms with E-state index in [1.54, 1.807) is 16.7 Å². The lowest BCUT2D eigenvalue weighted by Gasteiger charge is -2.39. The van der Waals surface area contributed by atoms with E-state index in [4.69, 9.17) is 9.47 Å². The maximum atomic E-state index is 13.0. The zero-order valence-corrected chi connectivity index (χ0v) is 15.8. The van der Waals surface area contributed by atoms with Crippen molar-refractivity contribution in [3.05, 3.63) is 35.4 Å². The van der Waals surface area contributed by atoms with Crippen molar-refractivity contribution in [1.82, 2.24) is 9.80 Å². The molecule has 2 amide bonds. The van der Waals surface area contributed by atoms with E-state index in [1.165, 1.54) is 0 Å². The Bertz CT molecular complexity index is 677. The lowest BCUT2D eigenvalue weighted by Crippen LogP contribution is -2.54. The van der Waals surface area contributed by atoms with E-state index in [1.807, 2.05) is 36.1 Å². The normalized spacial score (nSPS) is 25.0. The molecule has 0 saturated carbocycles. The minimum atomic E-state index is -0.487. The van der Waals surface area contributed by atoms with E-state index in [-0.39, 0.29) is 17.9 Å². The third-order valence-corrected chi connectivity index (χ3v) is 6.39. The second-order valence-electron chi connectivity index (χ2n) is 7.09. The highest BCUT2D eigenvalue weighted by atomic mass is 32.2. The maximum absolute atomic E-state index is 13.0. The number of nitrogens with zero attached hydrogens (tertiary/aromatic N) is 2. The lowest BCUT2D eigenvalue weighted by molar-refractivity contribution is -0.188. The summed E-state index contributed by atoms with van der Waals surface area (Å²) in [6.45, 7) is 4.49. The fourth-order valence-electron chi connectivity index (χ4n) is 3.77. The average molecular weight is 376 g/mol. The van der Waals surface area contributed by atoms with E-state index in [9.17, 15) is 9.59 Å². The first kappa shape index (κ1) is 17.8. The Morgan fingerprint density at radius 2 is 1.77 bits per heavy atom. The van der Waals surface area contributed by atoms with Gasteiger partial charge in [-0.2, -0.15) is 0 Å². The van der Waals surface area contributed by atoms with Crippen LogP contribution >= 0.6 is 11.8 Å². The molecule has 1 aromatic carbocycles. The Hall–Kier alpha value is -1.57. The molecular formula is C19H24N2O4S. The number of hydrogen-bond acceptors (Lipinski definition) is 5. The fraction of sp³-hybridized carbons (Fsp3) is 0.579. The molecule has 140 valence electrons. The summed E-state index contributed by atoms with van der Waals surface area (Å²) in [5, 5.41) is 0. The third kappa shape index (κ3) is 3.35. The van der Waals surface area contributed by atoms with Gasteiger partial charge in [0.1, 0.15) is 6.04 Å². The molecule has 1 unspecified atom stereocenters. The quantitative estimate of drug-likeness (QED) is 0.789. The number of hydrogen-bond donors (Lipinski definition) is 0. The van der Waals surface area contributed by atoms with Gasteiger partial charge >= 0.3 is 0 Å². The van der Waals surface area contributed by atoms with E-state index < -0.39 is 5.79 Å². The minimum Gasteiger partial charge on any atom is -0.347 e. The molecule has 3 saturated heterocycles. The lowest BCUT2D eigenvalue weighted by atomic mass is 10.0. The van der Waals surface area contributed by atoms with E-state index in [2.05, 4.69) is 0 Å². The van der Waals surface area contributed by atoms with Gasteiger partial charge in [-0.05, 0) is 19.1 Å². The molecule has 3 aliphatic rings. The summed E-state index contributed by atoms with van der Waals surface area (Å²) in [5.74, 6) is 0.712. The predicted octanol–water partition coefficient (Wildman–Crippen LogP) is 1.88. The molecule has 3 aliphatic heterocycles. The molecule has 1 spiro atoms. The van der Waals surface area contributed by atoms with Gasteiger partial charge < -0.3 is 19.3 Å². The van der Waals surface area contributed by atoms with Crippen LogP contribution in [0.25, 0.3) is 0 Å². The first-order valence-corrected chi connectivity index (χ1v) is 10.3. The van der Waals surface area contributed by atoms with Crippen molar-refractivity contribution in [2.24, 2.45) is 0 Å². The number of likely N-dealkylation sites (tertiary alicyclic amines) is 1. The molecule has 0 N–H and O–H groups in total. The van der Waals surface area contributed by atoms with Crippen LogP contribution < -0.4 is 0 Å². The zero-order valence-electron chi connectivity index (χ0n) is 15.0. The summed E-state index contributed by atoms with van der Waals surface area (Å²) < 4.78 is 11.5. The average Bonchev–Trinajstić information content (AvgIpc) is 3.32. The fourth-order valence-corrected chi connectivity index (χ4v) is 4.92. The molecule has 1 aromatic rings. The summed E-state index contributed by atoms with van der Waals surface area (Å²) in [4.78, 5) is 29.5. The van der Waals surface area contributed by atoms with E-state index in [0.717, 1.165) is 5.56 Å². The first-order chi connectivity index (χ1) is 12.6. The van der Waals surface area contributed by atoms with Crippen LogP contribution in [0.5, 0.6) is 0 Å². The van der Waals surface area contributed by atoms with Crippen LogP contribution in [-0.4, -0.2) is 71.4 Å².